The molecule has 0 bridgehead atoms. The van der Waals surface area contributed by atoms with Gasteiger partial charge >= 0.3 is 0 Å². The van der Waals surface area contributed by atoms with Crippen molar-refractivity contribution in [3.63, 3.8) is 0 Å². The lowest BCUT2D eigenvalue weighted by Crippen LogP contribution is -2.33. The third-order valence-electron chi connectivity index (χ3n) is 6.64. The minimum atomic E-state index is 0. The van der Waals surface area contributed by atoms with Crippen LogP contribution in [0.1, 0.15) is 36.0 Å². The molecule has 4 rings (SSSR count). The van der Waals surface area contributed by atoms with E-state index in [2.05, 4.69) is 73.3 Å². The monoisotopic (exact) mass is 404 g/mol. The smallest absolute Gasteiger partial charge is 0.0440 e. The first-order valence-electron chi connectivity index (χ1n) is 9.86. The van der Waals surface area contributed by atoms with Crippen molar-refractivity contribution in [2.24, 2.45) is 5.92 Å². The minimum Gasteiger partial charge on any atom is -0.375 e. The predicted octanol–water partition coefficient (Wildman–Crippen LogP) is 5.42. The molecule has 1 fully saturated rings. The maximum absolute atomic E-state index is 6.59. The Morgan fingerprint density at radius 1 is 1.19 bits per heavy atom. The molecule has 0 aromatic heterocycles. The number of benzene rings is 2. The zero-order valence-electron chi connectivity index (χ0n) is 16.5. The van der Waals surface area contributed by atoms with Gasteiger partial charge < -0.3 is 9.80 Å². The van der Waals surface area contributed by atoms with Gasteiger partial charge in [-0.3, -0.25) is 0 Å². The Hall–Kier alpha value is -1.22. The van der Waals surface area contributed by atoms with Gasteiger partial charge in [0, 0.05) is 42.8 Å². The Balaban J connectivity index is 0.00000210. The third-order valence-corrected chi connectivity index (χ3v) is 7.01. The molecule has 4 heteroatoms. The Morgan fingerprint density at radius 3 is 2.74 bits per heavy atom. The van der Waals surface area contributed by atoms with Crippen LogP contribution in [-0.4, -0.2) is 38.1 Å². The van der Waals surface area contributed by atoms with Crippen LogP contribution >= 0.6 is 24.0 Å². The van der Waals surface area contributed by atoms with Gasteiger partial charge in [0.2, 0.25) is 0 Å². The van der Waals surface area contributed by atoms with Crippen LogP contribution in [0, 0.1) is 5.92 Å². The molecule has 1 saturated heterocycles. The zero-order valence-corrected chi connectivity index (χ0v) is 18.1. The van der Waals surface area contributed by atoms with Crippen LogP contribution in [-0.2, 0) is 12.8 Å². The Morgan fingerprint density at radius 2 is 1.96 bits per heavy atom. The zero-order chi connectivity index (χ0) is 18.3. The number of hydrogen-bond acceptors (Lipinski definition) is 2. The summed E-state index contributed by atoms with van der Waals surface area (Å²) < 4.78 is 0. The van der Waals surface area contributed by atoms with E-state index in [1.165, 1.54) is 30.6 Å². The highest BCUT2D eigenvalue weighted by Gasteiger charge is 2.43. The summed E-state index contributed by atoms with van der Waals surface area (Å²) in [5.41, 5.74) is 5.70. The summed E-state index contributed by atoms with van der Waals surface area (Å²) in [6.07, 6.45) is 3.56. The maximum Gasteiger partial charge on any atom is 0.0440 e. The van der Waals surface area contributed by atoms with Crippen molar-refractivity contribution in [3.8, 4) is 0 Å². The SMILES string of the molecule is CCN(C)c1ccc(Cl)c(CC2C3CCc4ccccc4C3CN2C)c1.Cl. The molecule has 2 nitrogen and oxygen atoms in total. The number of hydrogen-bond donors (Lipinski definition) is 0. The molecule has 146 valence electrons. The molecule has 3 unspecified atom stereocenters. The fourth-order valence-electron chi connectivity index (χ4n) is 5.01. The summed E-state index contributed by atoms with van der Waals surface area (Å²) in [6.45, 7) is 4.35. The molecule has 2 aliphatic rings. The second-order valence-corrected chi connectivity index (χ2v) is 8.42. The van der Waals surface area contributed by atoms with Gasteiger partial charge in [-0.15, -0.1) is 12.4 Å². The largest absolute Gasteiger partial charge is 0.375 e. The highest BCUT2D eigenvalue weighted by molar-refractivity contribution is 6.31. The lowest BCUT2D eigenvalue weighted by atomic mass is 9.73. The van der Waals surface area contributed by atoms with Crippen LogP contribution in [0.2, 0.25) is 5.02 Å². The molecule has 1 heterocycles. The van der Waals surface area contributed by atoms with Gasteiger partial charge in [0.1, 0.15) is 0 Å². The van der Waals surface area contributed by atoms with E-state index in [-0.39, 0.29) is 12.4 Å². The molecule has 3 atom stereocenters. The van der Waals surface area contributed by atoms with E-state index < -0.39 is 0 Å². The molecule has 0 N–H and O–H groups in total. The van der Waals surface area contributed by atoms with Crippen molar-refractivity contribution in [2.45, 2.75) is 38.1 Å². The van der Waals surface area contributed by atoms with Crippen molar-refractivity contribution in [2.75, 3.05) is 32.1 Å². The molecule has 0 radical (unpaired) electrons. The second kappa shape index (κ2) is 8.43. The van der Waals surface area contributed by atoms with Crippen LogP contribution in [0.15, 0.2) is 42.5 Å². The van der Waals surface area contributed by atoms with E-state index in [0.29, 0.717) is 12.0 Å². The number of nitrogens with zero attached hydrogens (tertiary/aromatic N) is 2. The number of likely N-dealkylation sites (N-methyl/N-ethyl adjacent to an activating group) is 1. The molecular formula is C23H30Cl2N2. The highest BCUT2D eigenvalue weighted by atomic mass is 35.5. The molecule has 1 aliphatic heterocycles. The summed E-state index contributed by atoms with van der Waals surface area (Å²) in [6, 6.07) is 16.1. The van der Waals surface area contributed by atoms with E-state index in [9.17, 15) is 0 Å². The number of fused-ring (bicyclic) bond motifs is 3. The van der Waals surface area contributed by atoms with Crippen LogP contribution in [0.3, 0.4) is 0 Å². The fourth-order valence-corrected chi connectivity index (χ4v) is 5.21. The van der Waals surface area contributed by atoms with E-state index in [0.717, 1.165) is 23.9 Å². The van der Waals surface area contributed by atoms with Gasteiger partial charge in [-0.05, 0) is 74.0 Å². The third kappa shape index (κ3) is 3.85. The normalized spacial score (nSPS) is 24.1. The van der Waals surface area contributed by atoms with Crippen molar-refractivity contribution < 1.29 is 0 Å². The lowest BCUT2D eigenvalue weighted by Gasteiger charge is -2.32. The lowest BCUT2D eigenvalue weighted by molar-refractivity contribution is 0.259. The molecule has 2 aromatic rings. The van der Waals surface area contributed by atoms with Crippen LogP contribution in [0.25, 0.3) is 0 Å². The molecular weight excluding hydrogens is 375 g/mol. The van der Waals surface area contributed by atoms with E-state index in [1.54, 1.807) is 11.1 Å². The quantitative estimate of drug-likeness (QED) is 0.670. The van der Waals surface area contributed by atoms with Gasteiger partial charge in [-0.1, -0.05) is 35.9 Å². The number of halogens is 2. The summed E-state index contributed by atoms with van der Waals surface area (Å²) in [5, 5.41) is 0.909. The van der Waals surface area contributed by atoms with E-state index in [1.807, 2.05) is 0 Å². The summed E-state index contributed by atoms with van der Waals surface area (Å²) in [7, 11) is 4.43. The number of rotatable bonds is 4. The fraction of sp³-hybridized carbons (Fsp3) is 0.478. The number of anilines is 1. The molecule has 1 aliphatic carbocycles. The van der Waals surface area contributed by atoms with Crippen molar-refractivity contribution in [3.05, 3.63) is 64.2 Å². The Labute approximate surface area is 174 Å². The first kappa shape index (κ1) is 20.5. The van der Waals surface area contributed by atoms with Crippen LogP contribution in [0.5, 0.6) is 0 Å². The summed E-state index contributed by atoms with van der Waals surface area (Å²) in [4.78, 5) is 4.85. The standard InChI is InChI=1S/C23H29ClN2.ClH/c1-4-25(2)18-10-12-22(24)17(13-18)14-23-20-11-9-16-7-5-6-8-19(16)21(20)15-26(23)3;/h5-8,10,12-13,20-21,23H,4,9,11,14-15H2,1-3H3;1H. The predicted molar refractivity (Wildman–Crippen MR) is 119 cm³/mol. The average Bonchev–Trinajstić information content (AvgIpc) is 2.98. The van der Waals surface area contributed by atoms with Crippen LogP contribution < -0.4 is 4.90 Å². The maximum atomic E-state index is 6.59. The average molecular weight is 405 g/mol. The van der Waals surface area contributed by atoms with E-state index in [4.69, 9.17) is 11.6 Å². The van der Waals surface area contributed by atoms with Gasteiger partial charge in [0.25, 0.3) is 0 Å². The Bertz CT molecular complexity index is 792. The van der Waals surface area contributed by atoms with Gasteiger partial charge in [0.15, 0.2) is 0 Å². The topological polar surface area (TPSA) is 6.48 Å². The first-order valence-corrected chi connectivity index (χ1v) is 10.2. The minimum absolute atomic E-state index is 0. The molecule has 0 saturated carbocycles. The number of likely N-dealkylation sites (tertiary alicyclic amines) is 1. The Kier molecular flexibility index (Phi) is 6.40. The molecule has 0 amide bonds. The van der Waals surface area contributed by atoms with E-state index >= 15 is 0 Å². The van der Waals surface area contributed by atoms with Gasteiger partial charge in [-0.2, -0.15) is 0 Å². The molecule has 27 heavy (non-hydrogen) atoms. The van der Waals surface area contributed by atoms with Crippen LogP contribution in [0.4, 0.5) is 5.69 Å². The molecule has 2 aromatic carbocycles. The highest BCUT2D eigenvalue weighted by Crippen LogP contribution is 2.45. The summed E-state index contributed by atoms with van der Waals surface area (Å²) >= 11 is 6.59. The van der Waals surface area contributed by atoms with Gasteiger partial charge in [-0.25, -0.2) is 0 Å². The van der Waals surface area contributed by atoms with Crippen molar-refractivity contribution in [1.29, 1.82) is 0 Å². The first-order chi connectivity index (χ1) is 12.6. The van der Waals surface area contributed by atoms with Gasteiger partial charge in [0.05, 0.1) is 0 Å². The van der Waals surface area contributed by atoms with Crippen molar-refractivity contribution in [1.82, 2.24) is 4.90 Å². The molecule has 0 spiro atoms. The second-order valence-electron chi connectivity index (χ2n) is 8.01. The van der Waals surface area contributed by atoms with Crippen molar-refractivity contribution >= 4 is 29.7 Å². The summed E-state index contributed by atoms with van der Waals surface area (Å²) in [5.74, 6) is 1.41. The number of aryl methyl sites for hydroxylation is 1.